The third-order valence-corrected chi connectivity index (χ3v) is 3.95. The number of aromatic nitrogens is 4. The van der Waals surface area contributed by atoms with Gasteiger partial charge in [-0.2, -0.15) is 18.3 Å². The number of hydrogen-bond acceptors (Lipinski definition) is 4. The van der Waals surface area contributed by atoms with Gasteiger partial charge in [0.15, 0.2) is 0 Å². The Hall–Kier alpha value is -3.63. The Bertz CT molecular complexity index is 1010. The first-order chi connectivity index (χ1) is 13.5. The van der Waals surface area contributed by atoms with Crippen LogP contribution >= 0.6 is 0 Å². The second-order valence-corrected chi connectivity index (χ2v) is 6.02. The number of rotatable bonds is 3. The third kappa shape index (κ3) is 5.43. The van der Waals surface area contributed by atoms with Crippen molar-refractivity contribution in [3.63, 3.8) is 0 Å². The number of amides is 1. The number of nitrogens with one attached hydrogen (secondary N) is 2. The zero-order valence-corrected chi connectivity index (χ0v) is 15.7. The molecule has 0 aliphatic carbocycles. The summed E-state index contributed by atoms with van der Waals surface area (Å²) in [5, 5.41) is 16.5. The molecule has 0 atom stereocenters. The molecule has 3 aromatic rings. The summed E-state index contributed by atoms with van der Waals surface area (Å²) in [4.78, 5) is 25.3. The first-order valence-corrected chi connectivity index (χ1v) is 8.23. The Balaban J connectivity index is 0.000000370. The van der Waals surface area contributed by atoms with Gasteiger partial charge in [-0.15, -0.1) is 0 Å². The first kappa shape index (κ1) is 21.7. The Morgan fingerprint density at radius 3 is 2.14 bits per heavy atom. The Morgan fingerprint density at radius 1 is 1.14 bits per heavy atom. The summed E-state index contributed by atoms with van der Waals surface area (Å²) < 4.78 is 33.7. The molecule has 0 fully saturated rings. The molecule has 8 nitrogen and oxygen atoms in total. The number of carbonyl (C=O) groups is 2. The number of anilines is 1. The van der Waals surface area contributed by atoms with Gasteiger partial charge in [0.05, 0.1) is 18.2 Å². The number of aromatic amines is 1. The van der Waals surface area contributed by atoms with Gasteiger partial charge in [-0.25, -0.2) is 9.78 Å². The minimum atomic E-state index is -5.08. The van der Waals surface area contributed by atoms with E-state index in [1.165, 1.54) is 0 Å². The van der Waals surface area contributed by atoms with E-state index >= 15 is 0 Å². The van der Waals surface area contributed by atoms with Crippen LogP contribution in [0, 0.1) is 20.8 Å². The molecule has 154 valence electrons. The number of halogens is 3. The van der Waals surface area contributed by atoms with Gasteiger partial charge in [0.25, 0.3) is 5.91 Å². The van der Waals surface area contributed by atoms with Crippen molar-refractivity contribution >= 4 is 17.6 Å². The summed E-state index contributed by atoms with van der Waals surface area (Å²) in [5.74, 6) is -2.95. The van der Waals surface area contributed by atoms with Gasteiger partial charge in [-0.1, -0.05) is 0 Å². The van der Waals surface area contributed by atoms with Crippen molar-refractivity contribution in [2.24, 2.45) is 0 Å². The van der Waals surface area contributed by atoms with E-state index < -0.39 is 12.1 Å². The summed E-state index contributed by atoms with van der Waals surface area (Å²) in [6, 6.07) is 7.63. The van der Waals surface area contributed by atoms with Crippen LogP contribution in [0.4, 0.5) is 18.9 Å². The highest BCUT2D eigenvalue weighted by Gasteiger charge is 2.38. The number of carboxylic acid groups (broad SMARTS) is 1. The molecule has 29 heavy (non-hydrogen) atoms. The van der Waals surface area contributed by atoms with Gasteiger partial charge in [0.1, 0.15) is 5.69 Å². The summed E-state index contributed by atoms with van der Waals surface area (Å²) in [5.41, 5.74) is 5.15. The van der Waals surface area contributed by atoms with Crippen molar-refractivity contribution in [3.8, 4) is 5.69 Å². The molecule has 2 aromatic heterocycles. The van der Waals surface area contributed by atoms with Crippen LogP contribution in [0.2, 0.25) is 0 Å². The molecular formula is C18H18F3N5O3. The Kier molecular flexibility index (Phi) is 6.42. The van der Waals surface area contributed by atoms with Gasteiger partial charge in [-0.05, 0) is 50.6 Å². The second kappa shape index (κ2) is 8.59. The highest BCUT2D eigenvalue weighted by atomic mass is 19.4. The number of aryl methyl sites for hydroxylation is 2. The lowest BCUT2D eigenvalue weighted by atomic mass is 10.2. The van der Waals surface area contributed by atoms with Gasteiger partial charge >= 0.3 is 12.1 Å². The number of nitrogens with zero attached hydrogens (tertiary/aromatic N) is 3. The van der Waals surface area contributed by atoms with Crippen molar-refractivity contribution in [1.29, 1.82) is 0 Å². The van der Waals surface area contributed by atoms with Gasteiger partial charge < -0.3 is 15.0 Å². The van der Waals surface area contributed by atoms with Crippen LogP contribution < -0.4 is 5.32 Å². The predicted molar refractivity (Wildman–Crippen MR) is 98.0 cm³/mol. The van der Waals surface area contributed by atoms with Crippen LogP contribution in [0.1, 0.15) is 27.4 Å². The molecule has 0 bridgehead atoms. The smallest absolute Gasteiger partial charge is 0.475 e. The molecule has 0 saturated carbocycles. The third-order valence-electron chi connectivity index (χ3n) is 3.95. The minimum Gasteiger partial charge on any atom is -0.475 e. The quantitative estimate of drug-likeness (QED) is 0.614. The van der Waals surface area contributed by atoms with Crippen molar-refractivity contribution in [2.45, 2.75) is 26.9 Å². The van der Waals surface area contributed by atoms with E-state index in [-0.39, 0.29) is 5.91 Å². The van der Waals surface area contributed by atoms with Crippen LogP contribution in [0.5, 0.6) is 0 Å². The first-order valence-electron chi connectivity index (χ1n) is 8.23. The molecule has 1 amide bonds. The highest BCUT2D eigenvalue weighted by Crippen LogP contribution is 2.17. The zero-order valence-electron chi connectivity index (χ0n) is 15.7. The number of carbonyl (C=O) groups excluding carboxylic acids is 1. The number of alkyl halides is 3. The average Bonchev–Trinajstić information content (AvgIpc) is 3.22. The summed E-state index contributed by atoms with van der Waals surface area (Å²) >= 11 is 0. The molecule has 0 aliphatic rings. The Labute approximate surface area is 163 Å². The van der Waals surface area contributed by atoms with Crippen LogP contribution in [0.15, 0.2) is 36.8 Å². The monoisotopic (exact) mass is 409 g/mol. The van der Waals surface area contributed by atoms with E-state index in [1.807, 2.05) is 49.6 Å². The van der Waals surface area contributed by atoms with Crippen LogP contribution in [0.3, 0.4) is 0 Å². The molecule has 3 rings (SSSR count). The molecule has 3 N–H and O–H groups in total. The van der Waals surface area contributed by atoms with Crippen molar-refractivity contribution in [3.05, 3.63) is 59.4 Å². The van der Waals surface area contributed by atoms with E-state index in [1.54, 1.807) is 12.5 Å². The topological polar surface area (TPSA) is 113 Å². The molecule has 2 heterocycles. The van der Waals surface area contributed by atoms with Crippen molar-refractivity contribution in [1.82, 2.24) is 19.7 Å². The lowest BCUT2D eigenvalue weighted by Gasteiger charge is -2.08. The van der Waals surface area contributed by atoms with E-state index in [4.69, 9.17) is 9.90 Å². The Morgan fingerprint density at radius 2 is 1.72 bits per heavy atom. The van der Waals surface area contributed by atoms with Crippen LogP contribution in [-0.4, -0.2) is 42.9 Å². The number of benzene rings is 1. The van der Waals surface area contributed by atoms with Crippen molar-refractivity contribution < 1.29 is 27.9 Å². The molecule has 1 aromatic carbocycles. The highest BCUT2D eigenvalue weighted by molar-refractivity contribution is 6.03. The number of hydrogen-bond donors (Lipinski definition) is 3. The SMILES string of the molecule is Cc1cn[nH]c1C(=O)Nc1ccc(-n2cnc(C)c2C)cc1.O=C(O)C(F)(F)F. The normalized spacial score (nSPS) is 10.8. The molecule has 0 saturated heterocycles. The zero-order chi connectivity index (χ0) is 21.8. The maximum absolute atomic E-state index is 12.1. The lowest BCUT2D eigenvalue weighted by Crippen LogP contribution is -2.21. The molecule has 0 spiro atoms. The number of carboxylic acids is 1. The van der Waals surface area contributed by atoms with Gasteiger partial charge in [0.2, 0.25) is 0 Å². The summed E-state index contributed by atoms with van der Waals surface area (Å²) in [6.45, 7) is 5.85. The standard InChI is InChI=1S/C16H17N5O.C2HF3O2/c1-10-8-18-20-15(10)16(22)19-13-4-6-14(7-5-13)21-9-17-11(2)12(21)3;3-2(4,5)1(6)7/h4-9H,1-3H3,(H,18,20)(H,19,22);(H,6,7). The van der Waals surface area contributed by atoms with E-state index in [2.05, 4.69) is 20.5 Å². The number of aliphatic carboxylic acids is 1. The molecule has 0 radical (unpaired) electrons. The average molecular weight is 409 g/mol. The maximum atomic E-state index is 12.1. The van der Waals surface area contributed by atoms with E-state index in [9.17, 15) is 18.0 Å². The maximum Gasteiger partial charge on any atom is 0.490 e. The number of H-pyrrole nitrogens is 1. The predicted octanol–water partition coefficient (Wildman–Crippen LogP) is 3.41. The van der Waals surface area contributed by atoms with E-state index in [0.717, 1.165) is 28.3 Å². The molecule has 0 unspecified atom stereocenters. The van der Waals surface area contributed by atoms with E-state index in [0.29, 0.717) is 5.69 Å². The van der Waals surface area contributed by atoms with Gasteiger partial charge in [0, 0.05) is 17.1 Å². The summed E-state index contributed by atoms with van der Waals surface area (Å²) in [6.07, 6.45) is -1.66. The summed E-state index contributed by atoms with van der Waals surface area (Å²) in [7, 11) is 0. The fraction of sp³-hybridized carbons (Fsp3) is 0.222. The molecule has 0 aliphatic heterocycles. The molecule has 11 heteroatoms. The number of imidazole rings is 1. The van der Waals surface area contributed by atoms with Gasteiger partial charge in [-0.3, -0.25) is 9.89 Å². The second-order valence-electron chi connectivity index (χ2n) is 6.02. The van der Waals surface area contributed by atoms with Crippen LogP contribution in [-0.2, 0) is 4.79 Å². The van der Waals surface area contributed by atoms with Crippen LogP contribution in [0.25, 0.3) is 5.69 Å². The van der Waals surface area contributed by atoms with Crippen molar-refractivity contribution in [2.75, 3.05) is 5.32 Å². The minimum absolute atomic E-state index is 0.197. The lowest BCUT2D eigenvalue weighted by molar-refractivity contribution is -0.192. The molecular weight excluding hydrogens is 391 g/mol. The largest absolute Gasteiger partial charge is 0.490 e. The fourth-order valence-electron chi connectivity index (χ4n) is 2.23. The fourth-order valence-corrected chi connectivity index (χ4v) is 2.23.